The average molecular weight is 393 g/mol. The number of aryl methyl sites for hydroxylation is 2. The minimum absolute atomic E-state index is 0.0360. The van der Waals surface area contributed by atoms with Crippen LogP contribution >= 0.6 is 11.3 Å². The van der Waals surface area contributed by atoms with Crippen LogP contribution in [0.4, 0.5) is 0 Å². The summed E-state index contributed by atoms with van der Waals surface area (Å²) in [6.07, 6.45) is 0. The number of thiazole rings is 1. The van der Waals surface area contributed by atoms with E-state index >= 15 is 0 Å². The molecule has 0 amide bonds. The maximum Gasteiger partial charge on any atom is 0.191 e. The van der Waals surface area contributed by atoms with Gasteiger partial charge < -0.3 is 25.2 Å². The molecule has 1 aromatic heterocycles. The maximum absolute atomic E-state index is 8.89. The lowest BCUT2D eigenvalue weighted by molar-refractivity contribution is 0.196. The van der Waals surface area contributed by atoms with E-state index in [9.17, 15) is 0 Å². The van der Waals surface area contributed by atoms with Crippen LogP contribution in [-0.4, -0.2) is 42.9 Å². The highest BCUT2D eigenvalue weighted by Gasteiger charge is 2.08. The summed E-state index contributed by atoms with van der Waals surface area (Å²) in [5.74, 6) is 1.99. The Balaban J connectivity index is 2.03. The number of aliphatic hydroxyl groups excluding tert-OH is 1. The van der Waals surface area contributed by atoms with Gasteiger partial charge in [0.2, 0.25) is 0 Å². The van der Waals surface area contributed by atoms with Crippen LogP contribution in [0.5, 0.6) is 11.5 Å². The Hall–Kier alpha value is -2.32. The van der Waals surface area contributed by atoms with Gasteiger partial charge in [-0.05, 0) is 38.5 Å². The first-order valence-electron chi connectivity index (χ1n) is 8.93. The van der Waals surface area contributed by atoms with E-state index in [1.54, 1.807) is 18.4 Å². The summed E-state index contributed by atoms with van der Waals surface area (Å²) in [6.45, 7) is 8.26. The zero-order valence-electron chi connectivity index (χ0n) is 16.3. The van der Waals surface area contributed by atoms with Crippen molar-refractivity contribution >= 4 is 17.3 Å². The monoisotopic (exact) mass is 392 g/mol. The molecule has 0 unspecified atom stereocenters. The molecule has 1 aromatic carbocycles. The highest BCUT2D eigenvalue weighted by Crippen LogP contribution is 2.28. The molecule has 8 heteroatoms. The van der Waals surface area contributed by atoms with Gasteiger partial charge in [0.25, 0.3) is 0 Å². The van der Waals surface area contributed by atoms with Gasteiger partial charge in [0.15, 0.2) is 17.5 Å². The van der Waals surface area contributed by atoms with Crippen LogP contribution in [0.1, 0.15) is 28.1 Å². The van der Waals surface area contributed by atoms with Crippen LogP contribution in [0, 0.1) is 13.8 Å². The van der Waals surface area contributed by atoms with E-state index < -0.39 is 0 Å². The number of ether oxygens (including phenoxy) is 2. The van der Waals surface area contributed by atoms with Crippen molar-refractivity contribution in [3.8, 4) is 11.5 Å². The number of guanidine groups is 1. The van der Waals surface area contributed by atoms with Gasteiger partial charge in [-0.2, -0.15) is 0 Å². The zero-order valence-corrected chi connectivity index (χ0v) is 17.2. The molecule has 0 aliphatic carbocycles. The van der Waals surface area contributed by atoms with E-state index in [0.717, 1.165) is 28.8 Å². The van der Waals surface area contributed by atoms with Gasteiger partial charge in [0.1, 0.15) is 6.61 Å². The smallest absolute Gasteiger partial charge is 0.191 e. The van der Waals surface area contributed by atoms with Gasteiger partial charge in [0.05, 0.1) is 37.5 Å². The van der Waals surface area contributed by atoms with Crippen LogP contribution in [0.15, 0.2) is 23.2 Å². The molecular formula is C19H28N4O3S. The van der Waals surface area contributed by atoms with E-state index in [-0.39, 0.29) is 13.2 Å². The summed E-state index contributed by atoms with van der Waals surface area (Å²) in [5.41, 5.74) is 2.06. The third-order valence-corrected chi connectivity index (χ3v) is 4.83. The second-order valence-corrected chi connectivity index (χ2v) is 7.14. The molecule has 0 fully saturated rings. The molecule has 0 spiro atoms. The second-order valence-electron chi connectivity index (χ2n) is 5.85. The molecule has 7 nitrogen and oxygen atoms in total. The Morgan fingerprint density at radius 2 is 2.07 bits per heavy atom. The molecule has 0 atom stereocenters. The fourth-order valence-corrected chi connectivity index (χ4v) is 3.38. The van der Waals surface area contributed by atoms with Gasteiger partial charge in [-0.3, -0.25) is 0 Å². The molecule has 1 heterocycles. The van der Waals surface area contributed by atoms with Crippen LogP contribution in [0.3, 0.4) is 0 Å². The Kier molecular flexibility index (Phi) is 8.35. The number of aliphatic hydroxyl groups is 1. The van der Waals surface area contributed by atoms with Gasteiger partial charge in [-0.15, -0.1) is 11.3 Å². The van der Waals surface area contributed by atoms with Crippen molar-refractivity contribution in [2.24, 2.45) is 4.99 Å². The van der Waals surface area contributed by atoms with Crippen LogP contribution in [-0.2, 0) is 13.1 Å². The third kappa shape index (κ3) is 6.41. The van der Waals surface area contributed by atoms with E-state index in [1.807, 2.05) is 39.0 Å². The first-order valence-corrected chi connectivity index (χ1v) is 9.74. The minimum Gasteiger partial charge on any atom is -0.493 e. The van der Waals surface area contributed by atoms with Gasteiger partial charge in [-0.1, -0.05) is 6.07 Å². The van der Waals surface area contributed by atoms with Crippen LogP contribution in [0.2, 0.25) is 0 Å². The molecule has 0 aliphatic heterocycles. The minimum atomic E-state index is -0.0360. The number of rotatable bonds is 9. The number of hydrogen-bond acceptors (Lipinski definition) is 6. The standard InChI is InChI=1S/C19H28N4O3S/c1-5-20-19(22-12-18-13(2)23-14(3)27-18)21-11-15-6-7-16(26-9-8-24)17(10-15)25-4/h6-7,10,24H,5,8-9,11-12H2,1-4H3,(H2,20,21,22). The molecule has 27 heavy (non-hydrogen) atoms. The van der Waals surface area contributed by atoms with E-state index in [2.05, 4.69) is 20.6 Å². The molecule has 0 aliphatic rings. The largest absolute Gasteiger partial charge is 0.493 e. The van der Waals surface area contributed by atoms with Crippen LogP contribution < -0.4 is 20.1 Å². The Labute approximate surface area is 164 Å². The van der Waals surface area contributed by atoms with Crippen molar-refractivity contribution in [2.45, 2.75) is 33.9 Å². The van der Waals surface area contributed by atoms with Crippen molar-refractivity contribution in [2.75, 3.05) is 26.9 Å². The van der Waals surface area contributed by atoms with Crippen molar-refractivity contribution in [1.82, 2.24) is 15.6 Å². The molecule has 0 saturated carbocycles. The summed E-state index contributed by atoms with van der Waals surface area (Å²) in [4.78, 5) is 10.3. The van der Waals surface area contributed by atoms with Gasteiger partial charge in [0, 0.05) is 11.4 Å². The van der Waals surface area contributed by atoms with Crippen molar-refractivity contribution in [1.29, 1.82) is 0 Å². The summed E-state index contributed by atoms with van der Waals surface area (Å²) in [5, 5.41) is 16.6. The Morgan fingerprint density at radius 1 is 1.26 bits per heavy atom. The first kappa shape index (κ1) is 21.0. The van der Waals surface area contributed by atoms with Gasteiger partial charge in [-0.25, -0.2) is 9.98 Å². The molecule has 2 rings (SSSR count). The highest BCUT2D eigenvalue weighted by molar-refractivity contribution is 7.11. The number of aliphatic imine (C=N–C) groups is 1. The molecule has 0 bridgehead atoms. The topological polar surface area (TPSA) is 88.0 Å². The second kappa shape index (κ2) is 10.7. The lowest BCUT2D eigenvalue weighted by atomic mass is 10.2. The van der Waals surface area contributed by atoms with Gasteiger partial charge >= 0.3 is 0 Å². The number of nitrogens with zero attached hydrogens (tertiary/aromatic N) is 2. The molecule has 2 aromatic rings. The van der Waals surface area contributed by atoms with Crippen molar-refractivity contribution in [3.63, 3.8) is 0 Å². The Morgan fingerprint density at radius 3 is 2.70 bits per heavy atom. The summed E-state index contributed by atoms with van der Waals surface area (Å²) in [7, 11) is 1.60. The molecule has 0 radical (unpaired) electrons. The summed E-state index contributed by atoms with van der Waals surface area (Å²) < 4.78 is 10.8. The highest BCUT2D eigenvalue weighted by atomic mass is 32.1. The van der Waals surface area contributed by atoms with E-state index in [4.69, 9.17) is 14.6 Å². The normalized spacial score (nSPS) is 11.4. The maximum atomic E-state index is 8.89. The third-order valence-electron chi connectivity index (χ3n) is 3.76. The number of benzene rings is 1. The Bertz CT molecular complexity index is 761. The number of aromatic nitrogens is 1. The molecular weight excluding hydrogens is 364 g/mol. The number of nitrogens with one attached hydrogen (secondary N) is 2. The summed E-state index contributed by atoms with van der Waals surface area (Å²) in [6, 6.07) is 5.68. The first-order chi connectivity index (χ1) is 13.1. The van der Waals surface area contributed by atoms with Crippen molar-refractivity contribution < 1.29 is 14.6 Å². The predicted molar refractivity (Wildman–Crippen MR) is 109 cm³/mol. The molecule has 148 valence electrons. The molecule has 3 N–H and O–H groups in total. The average Bonchev–Trinajstić information content (AvgIpc) is 2.99. The quantitative estimate of drug-likeness (QED) is 0.449. The number of methoxy groups -OCH3 is 1. The lowest BCUT2D eigenvalue weighted by Crippen LogP contribution is -2.36. The lowest BCUT2D eigenvalue weighted by Gasteiger charge is -2.12. The fraction of sp³-hybridized carbons (Fsp3) is 0.474. The van der Waals surface area contributed by atoms with E-state index in [1.165, 1.54) is 4.88 Å². The van der Waals surface area contributed by atoms with Crippen LogP contribution in [0.25, 0.3) is 0 Å². The summed E-state index contributed by atoms with van der Waals surface area (Å²) >= 11 is 1.70. The van der Waals surface area contributed by atoms with Crippen molar-refractivity contribution in [3.05, 3.63) is 39.3 Å². The zero-order chi connectivity index (χ0) is 19.6. The predicted octanol–water partition coefficient (Wildman–Crippen LogP) is 2.39. The van der Waals surface area contributed by atoms with E-state index in [0.29, 0.717) is 24.6 Å². The molecule has 0 saturated heterocycles. The SMILES string of the molecule is CCNC(=NCc1ccc(OCCO)c(OC)c1)NCc1sc(C)nc1C. The number of hydrogen-bond donors (Lipinski definition) is 3. The fourth-order valence-electron chi connectivity index (χ4n) is 2.50.